The number of carbonyl (C=O) groups is 1. The molecule has 3 aliphatic rings. The number of hydrogen-bond acceptors (Lipinski definition) is 8. The molecule has 9 heteroatoms. The van der Waals surface area contributed by atoms with Crippen molar-refractivity contribution in [2.24, 2.45) is 0 Å². The molecule has 9 nitrogen and oxygen atoms in total. The predicted octanol–water partition coefficient (Wildman–Crippen LogP) is 6.28. The molecule has 47 heavy (non-hydrogen) atoms. The molecule has 242 valence electrons. The van der Waals surface area contributed by atoms with Gasteiger partial charge in [0.2, 0.25) is 12.7 Å². The lowest BCUT2D eigenvalue weighted by Gasteiger charge is -2.45. The van der Waals surface area contributed by atoms with Crippen LogP contribution in [0, 0.1) is 13.8 Å². The molecule has 1 amide bonds. The lowest BCUT2D eigenvalue weighted by molar-refractivity contribution is -0.135. The quantitative estimate of drug-likeness (QED) is 0.230. The minimum atomic E-state index is -0.466. The molecule has 0 radical (unpaired) electrons. The number of rotatable bonds is 9. The third-order valence-electron chi connectivity index (χ3n) is 9.16. The Balaban J connectivity index is 1.44. The number of piperazine rings is 1. The number of nitrogens with zero attached hydrogens (tertiary/aromatic N) is 1. The highest BCUT2D eigenvalue weighted by Crippen LogP contribution is 2.52. The molecule has 3 heterocycles. The third kappa shape index (κ3) is 5.30. The molecule has 4 aromatic rings. The number of fused-ring (bicyclic) bond motifs is 5. The maximum Gasteiger partial charge on any atom is 0.244 e. The summed E-state index contributed by atoms with van der Waals surface area (Å²) in [5.41, 5.74) is 7.01. The highest BCUT2D eigenvalue weighted by molar-refractivity contribution is 5.89. The van der Waals surface area contributed by atoms with E-state index in [9.17, 15) is 4.79 Å². The molecule has 1 fully saturated rings. The number of ether oxygens (including phenoxy) is 6. The van der Waals surface area contributed by atoms with E-state index >= 15 is 0 Å². The van der Waals surface area contributed by atoms with Gasteiger partial charge < -0.3 is 33.3 Å². The molecule has 4 aromatic carbocycles. The molecule has 0 unspecified atom stereocenters. The SMILES string of the molecule is COc1c(C)c(OC)c(OC)c2c1C[C@@H]1N[C@H]2C(=Cc2cc3c(c(C)c2OCc2ccccc2)OCO3)N(Cc2ccccc2)C1=O. The standard InChI is InChI=1S/C38H38N2O7/c1-22-33(45-20-25-14-10-7-11-15-25)26(17-30-35(22)47-21-46-30)16-29-32-31-27(34(42-3)23(2)36(43-4)37(31)44-5)18-28(39-32)38(41)40(29)19-24-12-8-6-9-13-24/h6-17,28,32,39H,18-21H2,1-5H3/t28-,32-/m0/s1. The normalized spacial score (nSPS) is 18.6. The molecule has 3 aliphatic heterocycles. The number of nitrogens with one attached hydrogen (secondary N) is 1. The van der Waals surface area contributed by atoms with Crippen molar-refractivity contribution >= 4 is 12.0 Å². The van der Waals surface area contributed by atoms with Crippen molar-refractivity contribution < 1.29 is 33.2 Å². The molecule has 1 N–H and O–H groups in total. The van der Waals surface area contributed by atoms with Crippen LogP contribution in [-0.2, 0) is 24.4 Å². The van der Waals surface area contributed by atoms with Gasteiger partial charge in [-0.3, -0.25) is 10.1 Å². The predicted molar refractivity (Wildman–Crippen MR) is 177 cm³/mol. The molecule has 2 atom stereocenters. The van der Waals surface area contributed by atoms with Gasteiger partial charge in [-0.25, -0.2) is 0 Å². The van der Waals surface area contributed by atoms with Crippen molar-refractivity contribution in [2.45, 2.75) is 45.5 Å². The number of benzene rings is 4. The van der Waals surface area contributed by atoms with E-state index in [1.807, 2.05) is 91.6 Å². The van der Waals surface area contributed by atoms with Crippen LogP contribution in [0.4, 0.5) is 0 Å². The van der Waals surface area contributed by atoms with E-state index in [1.165, 1.54) is 0 Å². The Morgan fingerprint density at radius 2 is 1.53 bits per heavy atom. The van der Waals surface area contributed by atoms with Gasteiger partial charge in [-0.1, -0.05) is 60.7 Å². The average molecular weight is 635 g/mol. The number of hydrogen-bond donors (Lipinski definition) is 1. The van der Waals surface area contributed by atoms with Gasteiger partial charge in [0.15, 0.2) is 23.0 Å². The summed E-state index contributed by atoms with van der Waals surface area (Å²) >= 11 is 0. The van der Waals surface area contributed by atoms with Crippen LogP contribution in [0.15, 0.2) is 72.4 Å². The van der Waals surface area contributed by atoms with E-state index in [-0.39, 0.29) is 12.7 Å². The zero-order chi connectivity index (χ0) is 32.7. The van der Waals surface area contributed by atoms with E-state index in [1.54, 1.807) is 21.3 Å². The average Bonchev–Trinajstić information content (AvgIpc) is 3.57. The highest BCUT2D eigenvalue weighted by atomic mass is 16.7. The largest absolute Gasteiger partial charge is 0.496 e. The summed E-state index contributed by atoms with van der Waals surface area (Å²) in [6, 6.07) is 21.1. The first-order valence-electron chi connectivity index (χ1n) is 15.7. The van der Waals surface area contributed by atoms with Crippen LogP contribution in [0.5, 0.6) is 34.5 Å². The molecular weight excluding hydrogens is 596 g/mol. The smallest absolute Gasteiger partial charge is 0.244 e. The van der Waals surface area contributed by atoms with Crippen LogP contribution in [0.1, 0.15) is 45.0 Å². The lowest BCUT2D eigenvalue weighted by Crippen LogP contribution is -2.57. The molecular formula is C38H38N2O7. The lowest BCUT2D eigenvalue weighted by atomic mass is 9.81. The van der Waals surface area contributed by atoms with Gasteiger partial charge in [0.1, 0.15) is 18.1 Å². The second-order valence-electron chi connectivity index (χ2n) is 11.9. The van der Waals surface area contributed by atoms with Crippen molar-refractivity contribution in [2.75, 3.05) is 28.1 Å². The first kappa shape index (κ1) is 30.5. The Morgan fingerprint density at radius 1 is 0.851 bits per heavy atom. The molecule has 1 saturated heterocycles. The van der Waals surface area contributed by atoms with Gasteiger partial charge in [0.05, 0.1) is 40.0 Å². The van der Waals surface area contributed by atoms with Gasteiger partial charge in [-0.05, 0) is 37.1 Å². The summed E-state index contributed by atoms with van der Waals surface area (Å²) < 4.78 is 36.2. The Hall–Kier alpha value is -5.15. The number of amides is 1. The Labute approximate surface area is 274 Å². The summed E-state index contributed by atoms with van der Waals surface area (Å²) in [5.74, 6) is 3.82. The molecule has 0 aliphatic carbocycles. The zero-order valence-corrected chi connectivity index (χ0v) is 27.2. The Kier molecular flexibility index (Phi) is 8.15. The van der Waals surface area contributed by atoms with Crippen LogP contribution < -0.4 is 33.7 Å². The van der Waals surface area contributed by atoms with Crippen LogP contribution in [-0.4, -0.2) is 45.0 Å². The Morgan fingerprint density at radius 3 is 2.21 bits per heavy atom. The third-order valence-corrected chi connectivity index (χ3v) is 9.16. The van der Waals surface area contributed by atoms with E-state index < -0.39 is 12.1 Å². The van der Waals surface area contributed by atoms with Crippen LogP contribution in [0.25, 0.3) is 6.08 Å². The van der Waals surface area contributed by atoms with Crippen molar-refractivity contribution in [1.82, 2.24) is 10.2 Å². The van der Waals surface area contributed by atoms with Crippen LogP contribution in [0.3, 0.4) is 0 Å². The first-order valence-corrected chi connectivity index (χ1v) is 15.7. The summed E-state index contributed by atoms with van der Waals surface area (Å²) in [6.45, 7) is 4.79. The number of methoxy groups -OCH3 is 3. The van der Waals surface area contributed by atoms with E-state index in [0.29, 0.717) is 54.1 Å². The summed E-state index contributed by atoms with van der Waals surface area (Å²) in [5, 5.41) is 3.64. The zero-order valence-electron chi connectivity index (χ0n) is 27.2. The van der Waals surface area contributed by atoms with Gasteiger partial charge >= 0.3 is 0 Å². The highest BCUT2D eigenvalue weighted by Gasteiger charge is 2.46. The first-order chi connectivity index (χ1) is 22.9. The second kappa shape index (κ2) is 12.6. The maximum absolute atomic E-state index is 14.4. The summed E-state index contributed by atoms with van der Waals surface area (Å²) in [4.78, 5) is 16.3. The van der Waals surface area contributed by atoms with Crippen molar-refractivity contribution in [3.05, 3.63) is 111 Å². The van der Waals surface area contributed by atoms with Gasteiger partial charge in [0, 0.05) is 39.9 Å². The molecule has 7 rings (SSSR count). The summed E-state index contributed by atoms with van der Waals surface area (Å²) in [6.07, 6.45) is 2.47. The second-order valence-corrected chi connectivity index (χ2v) is 11.9. The van der Waals surface area contributed by atoms with Gasteiger partial charge in [-0.2, -0.15) is 0 Å². The summed E-state index contributed by atoms with van der Waals surface area (Å²) in [7, 11) is 4.93. The molecule has 0 spiro atoms. The van der Waals surface area contributed by atoms with Crippen LogP contribution >= 0.6 is 0 Å². The van der Waals surface area contributed by atoms with Gasteiger partial charge in [-0.15, -0.1) is 0 Å². The van der Waals surface area contributed by atoms with Crippen LogP contribution in [0.2, 0.25) is 0 Å². The molecule has 0 aromatic heterocycles. The minimum Gasteiger partial charge on any atom is -0.496 e. The van der Waals surface area contributed by atoms with Crippen molar-refractivity contribution in [3.63, 3.8) is 0 Å². The molecule has 2 bridgehead atoms. The number of carbonyl (C=O) groups excluding carboxylic acids is 1. The van der Waals surface area contributed by atoms with E-state index in [0.717, 1.165) is 44.6 Å². The fourth-order valence-corrected chi connectivity index (χ4v) is 7.02. The molecule has 0 saturated carbocycles. The van der Waals surface area contributed by atoms with E-state index in [4.69, 9.17) is 28.4 Å². The fourth-order valence-electron chi connectivity index (χ4n) is 7.02. The minimum absolute atomic E-state index is 0.0271. The maximum atomic E-state index is 14.4. The van der Waals surface area contributed by atoms with Crippen molar-refractivity contribution in [1.29, 1.82) is 0 Å². The van der Waals surface area contributed by atoms with Crippen molar-refractivity contribution in [3.8, 4) is 34.5 Å². The monoisotopic (exact) mass is 634 g/mol. The van der Waals surface area contributed by atoms with Gasteiger partial charge in [0.25, 0.3) is 0 Å². The van der Waals surface area contributed by atoms with E-state index in [2.05, 4.69) is 5.32 Å². The topological polar surface area (TPSA) is 87.7 Å². The Bertz CT molecular complexity index is 1860. The fraction of sp³-hybridized carbons (Fsp3) is 0.289.